The number of carbonyl (C=O) groups is 1. The summed E-state index contributed by atoms with van der Waals surface area (Å²) in [5, 5.41) is 10.7. The van der Waals surface area contributed by atoms with Gasteiger partial charge in [0.2, 0.25) is 5.91 Å². The number of amides is 1. The van der Waals surface area contributed by atoms with Crippen molar-refractivity contribution in [3.8, 4) is 0 Å². The van der Waals surface area contributed by atoms with Gasteiger partial charge in [-0.3, -0.25) is 4.79 Å². The fraction of sp³-hybridized carbons (Fsp3) is 0.409. The molecule has 1 aliphatic heterocycles. The van der Waals surface area contributed by atoms with E-state index in [9.17, 15) is 9.90 Å². The van der Waals surface area contributed by atoms with Gasteiger partial charge >= 0.3 is 0 Å². The first-order chi connectivity index (χ1) is 13.8. The van der Waals surface area contributed by atoms with Crippen molar-refractivity contribution < 1.29 is 14.0 Å². The molecule has 138 valence electrons. The van der Waals surface area contributed by atoms with Gasteiger partial charge in [0.15, 0.2) is 0 Å². The molecule has 1 N–H and O–H groups in total. The van der Waals surface area contributed by atoms with Crippen molar-refractivity contribution in [1.29, 1.82) is 0 Å². The molecule has 1 amide bonds. The third-order valence-electron chi connectivity index (χ3n) is 4.75. The summed E-state index contributed by atoms with van der Waals surface area (Å²) in [4.78, 5) is 15.9. The highest BCUT2D eigenvalue weighted by Crippen LogP contribution is 2.25. The van der Waals surface area contributed by atoms with E-state index in [1.807, 2.05) is 42.2 Å². The average Bonchev–Trinajstić information content (AvgIpc) is 2.75. The molecule has 26 heavy (non-hydrogen) atoms. The molecule has 4 nitrogen and oxygen atoms in total. The Balaban J connectivity index is 1.76. The lowest BCUT2D eigenvalue weighted by atomic mass is 10.0. The SMILES string of the molecule is [2H]C(O)(c1ccccc1)C([2H])([2H])N1CCC(N(C(=O)CC)c2ccccc2)CC1. The van der Waals surface area contributed by atoms with E-state index < -0.39 is 12.6 Å². The molecule has 0 aromatic heterocycles. The third-order valence-corrected chi connectivity index (χ3v) is 4.75. The van der Waals surface area contributed by atoms with Crippen LogP contribution in [0.5, 0.6) is 0 Å². The number of carbonyl (C=O) groups excluding carboxylic acids is 1. The van der Waals surface area contributed by atoms with Gasteiger partial charge in [-0.2, -0.15) is 0 Å². The number of β-amino-alcohol motifs (C(OH)–C–C–N with tert-alkyl or cyclic N) is 1. The van der Waals surface area contributed by atoms with Crippen molar-refractivity contribution in [1.82, 2.24) is 4.90 Å². The van der Waals surface area contributed by atoms with Crippen molar-refractivity contribution in [3.63, 3.8) is 0 Å². The van der Waals surface area contributed by atoms with Crippen LogP contribution in [0.2, 0.25) is 0 Å². The van der Waals surface area contributed by atoms with Crippen molar-refractivity contribution in [2.24, 2.45) is 0 Å². The standard InChI is InChI=1S/C22H28N2O2/c1-2-22(26)24(19-11-7-4-8-12-19)20-13-15-23(16-14-20)17-21(25)18-9-5-3-6-10-18/h3-12,20-21,25H,2,13-17H2,1H3/i17D2,21D. The maximum atomic E-state index is 12.6. The zero-order valence-electron chi connectivity index (χ0n) is 18.1. The maximum Gasteiger partial charge on any atom is 0.226 e. The first-order valence-corrected chi connectivity index (χ1v) is 9.19. The summed E-state index contributed by atoms with van der Waals surface area (Å²) in [5.74, 6) is 0.0407. The Morgan fingerprint density at radius 1 is 1.19 bits per heavy atom. The first-order valence-electron chi connectivity index (χ1n) is 10.7. The van der Waals surface area contributed by atoms with E-state index in [-0.39, 0.29) is 17.5 Å². The van der Waals surface area contributed by atoms with Crippen molar-refractivity contribution in [3.05, 3.63) is 66.2 Å². The molecule has 3 rings (SSSR count). The van der Waals surface area contributed by atoms with Gasteiger partial charge in [-0.15, -0.1) is 0 Å². The summed E-state index contributed by atoms with van der Waals surface area (Å²) in [6.07, 6.45) is -0.841. The molecule has 1 unspecified atom stereocenters. The molecule has 1 heterocycles. The molecular formula is C22H28N2O2. The minimum absolute atomic E-state index is 0.0348. The third kappa shape index (κ3) is 4.51. The molecule has 1 aliphatic rings. The fourth-order valence-electron chi connectivity index (χ4n) is 3.36. The Labute approximate surface area is 160 Å². The molecule has 1 fully saturated rings. The van der Waals surface area contributed by atoms with Crippen LogP contribution in [0, 0.1) is 0 Å². The Morgan fingerprint density at radius 3 is 2.35 bits per heavy atom. The summed E-state index contributed by atoms with van der Waals surface area (Å²) in [7, 11) is 0. The minimum atomic E-state index is -2.39. The number of rotatable bonds is 6. The van der Waals surface area contributed by atoms with Gasteiger partial charge in [-0.05, 0) is 30.5 Å². The molecule has 0 bridgehead atoms. The number of anilines is 1. The summed E-state index contributed by atoms with van der Waals surface area (Å²) >= 11 is 0. The van der Waals surface area contributed by atoms with E-state index in [1.165, 1.54) is 4.90 Å². The summed E-state index contributed by atoms with van der Waals surface area (Å²) in [5.41, 5.74) is 1.07. The number of aliphatic hydroxyl groups is 1. The Hall–Kier alpha value is -2.17. The molecule has 4 heteroatoms. The highest BCUT2D eigenvalue weighted by Gasteiger charge is 2.29. The van der Waals surface area contributed by atoms with E-state index in [2.05, 4.69) is 0 Å². The number of likely N-dealkylation sites (tertiary alicyclic amines) is 1. The van der Waals surface area contributed by atoms with Crippen molar-refractivity contribution in [2.75, 3.05) is 24.5 Å². The zero-order valence-corrected chi connectivity index (χ0v) is 15.1. The highest BCUT2D eigenvalue weighted by atomic mass is 16.3. The second-order valence-corrected chi connectivity index (χ2v) is 6.50. The van der Waals surface area contributed by atoms with Crippen LogP contribution in [-0.4, -0.2) is 41.5 Å². The Kier molecular flexibility index (Phi) is 5.15. The van der Waals surface area contributed by atoms with Crippen LogP contribution >= 0.6 is 0 Å². The van der Waals surface area contributed by atoms with Crippen LogP contribution in [0.1, 0.15) is 41.9 Å². The van der Waals surface area contributed by atoms with Crippen LogP contribution in [0.25, 0.3) is 0 Å². The van der Waals surface area contributed by atoms with E-state index in [0.29, 0.717) is 32.4 Å². The molecule has 1 saturated heterocycles. The molecule has 1 atom stereocenters. The second-order valence-electron chi connectivity index (χ2n) is 6.50. The number of nitrogens with zero attached hydrogens (tertiary/aromatic N) is 2. The van der Waals surface area contributed by atoms with Crippen LogP contribution < -0.4 is 4.90 Å². The van der Waals surface area contributed by atoms with Crippen LogP contribution in [-0.2, 0) is 4.79 Å². The highest BCUT2D eigenvalue weighted by molar-refractivity contribution is 5.93. The summed E-state index contributed by atoms with van der Waals surface area (Å²) in [6.45, 7) is 0.288. The lowest BCUT2D eigenvalue weighted by molar-refractivity contribution is -0.119. The first kappa shape index (κ1) is 14.9. The lowest BCUT2D eigenvalue weighted by Crippen LogP contribution is -2.48. The summed E-state index contributed by atoms with van der Waals surface area (Å²) in [6, 6.07) is 17.8. The topological polar surface area (TPSA) is 43.8 Å². The van der Waals surface area contributed by atoms with Crippen LogP contribution in [0.4, 0.5) is 5.69 Å². The monoisotopic (exact) mass is 355 g/mol. The Bertz CT molecular complexity index is 807. The smallest absolute Gasteiger partial charge is 0.226 e. The molecule has 0 saturated carbocycles. The molecule has 2 aromatic carbocycles. The number of hydrogen-bond acceptors (Lipinski definition) is 3. The van der Waals surface area contributed by atoms with Gasteiger partial charge in [-0.25, -0.2) is 0 Å². The van der Waals surface area contributed by atoms with Gasteiger partial charge in [0, 0.05) is 40.5 Å². The molecule has 0 spiro atoms. The molecule has 0 aliphatic carbocycles. The minimum Gasteiger partial charge on any atom is -0.387 e. The average molecular weight is 355 g/mol. The quantitative estimate of drug-likeness (QED) is 0.860. The Morgan fingerprint density at radius 2 is 1.77 bits per heavy atom. The predicted molar refractivity (Wildman–Crippen MR) is 105 cm³/mol. The largest absolute Gasteiger partial charge is 0.387 e. The normalized spacial score (nSPS) is 20.5. The number of benzene rings is 2. The predicted octanol–water partition coefficient (Wildman–Crippen LogP) is 3.63. The molecule has 0 radical (unpaired) electrons. The number of hydrogen-bond donors (Lipinski definition) is 1. The van der Waals surface area contributed by atoms with Gasteiger partial charge < -0.3 is 14.9 Å². The molecule has 2 aromatic rings. The van der Waals surface area contributed by atoms with Crippen molar-refractivity contribution >= 4 is 11.6 Å². The van der Waals surface area contributed by atoms with Crippen LogP contribution in [0.15, 0.2) is 60.7 Å². The van der Waals surface area contributed by atoms with Crippen molar-refractivity contribution in [2.45, 2.75) is 38.3 Å². The van der Waals surface area contributed by atoms with E-state index >= 15 is 0 Å². The second kappa shape index (κ2) is 8.97. The summed E-state index contributed by atoms with van der Waals surface area (Å²) < 4.78 is 25.3. The lowest BCUT2D eigenvalue weighted by Gasteiger charge is -2.39. The number of para-hydroxylation sites is 1. The van der Waals surface area contributed by atoms with E-state index in [4.69, 9.17) is 4.11 Å². The van der Waals surface area contributed by atoms with Gasteiger partial charge in [-0.1, -0.05) is 55.5 Å². The van der Waals surface area contributed by atoms with E-state index in [1.54, 1.807) is 30.3 Å². The van der Waals surface area contributed by atoms with Gasteiger partial charge in [0.1, 0.15) is 0 Å². The van der Waals surface area contributed by atoms with Gasteiger partial charge in [0.25, 0.3) is 0 Å². The fourth-order valence-corrected chi connectivity index (χ4v) is 3.36. The van der Waals surface area contributed by atoms with E-state index in [0.717, 1.165) is 5.69 Å². The van der Waals surface area contributed by atoms with Crippen LogP contribution in [0.3, 0.4) is 0 Å². The molecular weight excluding hydrogens is 324 g/mol. The van der Waals surface area contributed by atoms with Gasteiger partial charge in [0.05, 0.1) is 7.45 Å². The number of piperidine rings is 1. The zero-order chi connectivity index (χ0) is 21.1. The maximum absolute atomic E-state index is 12.6.